The van der Waals surface area contributed by atoms with Gasteiger partial charge in [-0.3, -0.25) is 4.99 Å². The Balaban J connectivity index is 1.48. The van der Waals surface area contributed by atoms with Crippen LogP contribution in [0.4, 0.5) is 0 Å². The number of rotatable bonds is 9. The molecule has 1 aliphatic heterocycles. The van der Waals surface area contributed by atoms with Gasteiger partial charge >= 0.3 is 0 Å². The Kier molecular flexibility index (Phi) is 8.39. The second kappa shape index (κ2) is 11.5. The number of aromatic hydroxyl groups is 1. The summed E-state index contributed by atoms with van der Waals surface area (Å²) in [6.45, 7) is 6.91. The summed E-state index contributed by atoms with van der Waals surface area (Å²) in [7, 11) is 1.59. The van der Waals surface area contributed by atoms with E-state index in [4.69, 9.17) is 14.5 Å². The molecule has 0 aromatic heterocycles. The van der Waals surface area contributed by atoms with Gasteiger partial charge in [-0.2, -0.15) is 0 Å². The zero-order valence-corrected chi connectivity index (χ0v) is 18.0. The van der Waals surface area contributed by atoms with Gasteiger partial charge < -0.3 is 24.8 Å². The van der Waals surface area contributed by atoms with Gasteiger partial charge in [-0.15, -0.1) is 0 Å². The molecule has 2 N–H and O–H groups in total. The van der Waals surface area contributed by atoms with Crippen LogP contribution in [0.25, 0.3) is 0 Å². The SMILES string of the molecule is CCNC(=NCCc1ccc(OC)cc1O)N1CCC(COCc2ccccc2)C1. The second-order valence-corrected chi connectivity index (χ2v) is 7.58. The first-order valence-electron chi connectivity index (χ1n) is 10.7. The molecule has 2 aromatic carbocycles. The molecule has 1 atom stereocenters. The van der Waals surface area contributed by atoms with Crippen LogP contribution in [0, 0.1) is 5.92 Å². The molecular weight excluding hydrogens is 378 g/mol. The fourth-order valence-electron chi connectivity index (χ4n) is 3.67. The van der Waals surface area contributed by atoms with Crippen LogP contribution in [0.15, 0.2) is 53.5 Å². The highest BCUT2D eigenvalue weighted by Gasteiger charge is 2.25. The molecule has 6 heteroatoms. The van der Waals surface area contributed by atoms with Crippen LogP contribution < -0.4 is 10.1 Å². The minimum atomic E-state index is 0.256. The molecule has 0 saturated carbocycles. The van der Waals surface area contributed by atoms with Gasteiger partial charge in [0.05, 0.1) is 20.3 Å². The van der Waals surface area contributed by atoms with Gasteiger partial charge in [-0.1, -0.05) is 36.4 Å². The number of nitrogens with one attached hydrogen (secondary N) is 1. The number of phenols is 1. The highest BCUT2D eigenvalue weighted by atomic mass is 16.5. The molecule has 1 aliphatic rings. The Bertz CT molecular complexity index is 811. The Morgan fingerprint density at radius 2 is 2.07 bits per heavy atom. The fraction of sp³-hybridized carbons (Fsp3) is 0.458. The summed E-state index contributed by atoms with van der Waals surface area (Å²) in [5, 5.41) is 13.5. The molecule has 0 radical (unpaired) electrons. The zero-order valence-electron chi connectivity index (χ0n) is 18.0. The molecule has 30 heavy (non-hydrogen) atoms. The first kappa shape index (κ1) is 22.0. The van der Waals surface area contributed by atoms with Crippen molar-refractivity contribution in [1.82, 2.24) is 10.2 Å². The van der Waals surface area contributed by atoms with Crippen molar-refractivity contribution in [2.75, 3.05) is 39.9 Å². The maximum Gasteiger partial charge on any atom is 0.193 e. The van der Waals surface area contributed by atoms with E-state index in [0.29, 0.717) is 31.2 Å². The van der Waals surface area contributed by atoms with Crippen LogP contribution in [0.2, 0.25) is 0 Å². The smallest absolute Gasteiger partial charge is 0.193 e. The standard InChI is InChI=1S/C24H33N3O3/c1-3-25-24(26-13-11-21-9-10-22(29-2)15-23(21)28)27-14-12-20(16-27)18-30-17-19-7-5-4-6-8-19/h4-10,15,20,28H,3,11-14,16-18H2,1-2H3,(H,25,26). The molecule has 6 nitrogen and oxygen atoms in total. The number of benzene rings is 2. The lowest BCUT2D eigenvalue weighted by Gasteiger charge is -2.21. The van der Waals surface area contributed by atoms with Crippen LogP contribution in [0.5, 0.6) is 11.5 Å². The quantitative estimate of drug-likeness (QED) is 0.489. The zero-order chi connectivity index (χ0) is 21.2. The van der Waals surface area contributed by atoms with E-state index >= 15 is 0 Å². The summed E-state index contributed by atoms with van der Waals surface area (Å²) >= 11 is 0. The molecular formula is C24H33N3O3. The minimum absolute atomic E-state index is 0.256. The van der Waals surface area contributed by atoms with Crippen LogP contribution in [0.3, 0.4) is 0 Å². The third-order valence-electron chi connectivity index (χ3n) is 5.32. The maximum absolute atomic E-state index is 10.1. The molecule has 0 bridgehead atoms. The average Bonchev–Trinajstić information content (AvgIpc) is 3.23. The summed E-state index contributed by atoms with van der Waals surface area (Å²) in [6.07, 6.45) is 1.79. The van der Waals surface area contributed by atoms with Crippen molar-refractivity contribution in [3.63, 3.8) is 0 Å². The largest absolute Gasteiger partial charge is 0.508 e. The topological polar surface area (TPSA) is 66.3 Å². The van der Waals surface area contributed by atoms with E-state index in [0.717, 1.165) is 44.2 Å². The molecule has 1 fully saturated rings. The summed E-state index contributed by atoms with van der Waals surface area (Å²) in [4.78, 5) is 7.10. The van der Waals surface area contributed by atoms with Gasteiger partial charge in [0.1, 0.15) is 11.5 Å². The van der Waals surface area contributed by atoms with E-state index < -0.39 is 0 Å². The van der Waals surface area contributed by atoms with Gasteiger partial charge in [-0.05, 0) is 37.0 Å². The molecule has 1 heterocycles. The van der Waals surface area contributed by atoms with E-state index in [-0.39, 0.29) is 5.75 Å². The third-order valence-corrected chi connectivity index (χ3v) is 5.32. The molecule has 3 rings (SSSR count). The number of likely N-dealkylation sites (tertiary alicyclic amines) is 1. The van der Waals surface area contributed by atoms with Gasteiger partial charge in [0, 0.05) is 38.2 Å². The number of methoxy groups -OCH3 is 1. The number of aliphatic imine (C=N–C) groups is 1. The lowest BCUT2D eigenvalue weighted by atomic mass is 10.1. The molecule has 2 aromatic rings. The monoisotopic (exact) mass is 411 g/mol. The third kappa shape index (κ3) is 6.39. The predicted molar refractivity (Wildman–Crippen MR) is 120 cm³/mol. The summed E-state index contributed by atoms with van der Waals surface area (Å²) in [6, 6.07) is 15.7. The predicted octanol–water partition coefficient (Wildman–Crippen LogP) is 3.45. The highest BCUT2D eigenvalue weighted by molar-refractivity contribution is 5.80. The van der Waals surface area contributed by atoms with Crippen molar-refractivity contribution >= 4 is 5.96 Å². The van der Waals surface area contributed by atoms with Crippen molar-refractivity contribution < 1.29 is 14.6 Å². The van der Waals surface area contributed by atoms with Crippen LogP contribution in [0.1, 0.15) is 24.5 Å². The summed E-state index contributed by atoms with van der Waals surface area (Å²) < 4.78 is 11.1. The first-order valence-corrected chi connectivity index (χ1v) is 10.7. The Labute approximate surface area is 179 Å². The molecule has 162 valence electrons. The molecule has 0 spiro atoms. The van der Waals surface area contributed by atoms with Gasteiger partial charge in [0.25, 0.3) is 0 Å². The van der Waals surface area contributed by atoms with Crippen molar-refractivity contribution in [2.45, 2.75) is 26.4 Å². The highest BCUT2D eigenvalue weighted by Crippen LogP contribution is 2.24. The van der Waals surface area contributed by atoms with Gasteiger partial charge in [0.15, 0.2) is 5.96 Å². The van der Waals surface area contributed by atoms with E-state index in [1.54, 1.807) is 13.2 Å². The molecule has 0 aliphatic carbocycles. The van der Waals surface area contributed by atoms with Crippen molar-refractivity contribution in [3.8, 4) is 11.5 Å². The normalized spacial score (nSPS) is 16.7. The summed E-state index contributed by atoms with van der Waals surface area (Å²) in [5.74, 6) is 2.37. The second-order valence-electron chi connectivity index (χ2n) is 7.58. The Morgan fingerprint density at radius 1 is 1.23 bits per heavy atom. The first-order chi connectivity index (χ1) is 14.7. The van der Waals surface area contributed by atoms with Crippen LogP contribution in [-0.4, -0.2) is 55.9 Å². The number of nitrogens with zero attached hydrogens (tertiary/aromatic N) is 2. The number of hydrogen-bond acceptors (Lipinski definition) is 4. The van der Waals surface area contributed by atoms with Crippen LogP contribution >= 0.6 is 0 Å². The molecule has 1 unspecified atom stereocenters. The number of phenolic OH excluding ortho intramolecular Hbond substituents is 1. The maximum atomic E-state index is 10.1. The van der Waals surface area contributed by atoms with E-state index in [1.165, 1.54) is 5.56 Å². The number of ether oxygens (including phenoxy) is 2. The number of hydrogen-bond donors (Lipinski definition) is 2. The molecule has 1 saturated heterocycles. The van der Waals surface area contributed by atoms with Gasteiger partial charge in [0.2, 0.25) is 0 Å². The fourth-order valence-corrected chi connectivity index (χ4v) is 3.67. The Morgan fingerprint density at radius 3 is 2.80 bits per heavy atom. The average molecular weight is 412 g/mol. The van der Waals surface area contributed by atoms with E-state index in [1.807, 2.05) is 30.3 Å². The summed E-state index contributed by atoms with van der Waals surface area (Å²) in [5.41, 5.74) is 2.09. The molecule has 0 amide bonds. The van der Waals surface area contributed by atoms with E-state index in [2.05, 4.69) is 29.3 Å². The van der Waals surface area contributed by atoms with Crippen molar-refractivity contribution in [1.29, 1.82) is 0 Å². The van der Waals surface area contributed by atoms with Crippen LogP contribution in [-0.2, 0) is 17.8 Å². The Hall–Kier alpha value is -2.73. The van der Waals surface area contributed by atoms with Crippen molar-refractivity contribution in [2.24, 2.45) is 10.9 Å². The van der Waals surface area contributed by atoms with Crippen molar-refractivity contribution in [3.05, 3.63) is 59.7 Å². The van der Waals surface area contributed by atoms with E-state index in [9.17, 15) is 5.11 Å². The van der Waals surface area contributed by atoms with Gasteiger partial charge in [-0.25, -0.2) is 0 Å². The number of guanidine groups is 1. The minimum Gasteiger partial charge on any atom is -0.508 e. The lowest BCUT2D eigenvalue weighted by Crippen LogP contribution is -2.40. The lowest BCUT2D eigenvalue weighted by molar-refractivity contribution is 0.0907.